The maximum absolute atomic E-state index is 12.7. The normalized spacial score (nSPS) is 18.6. The molecule has 0 bridgehead atoms. The highest BCUT2D eigenvalue weighted by atomic mass is 16.5. The minimum absolute atomic E-state index is 0.197. The summed E-state index contributed by atoms with van der Waals surface area (Å²) < 4.78 is 12.0. The molecular formula is C18H21N7O4. The van der Waals surface area contributed by atoms with Crippen molar-refractivity contribution >= 4 is 28.9 Å². The van der Waals surface area contributed by atoms with Crippen molar-refractivity contribution in [2.45, 2.75) is 12.1 Å². The second-order valence-corrected chi connectivity index (χ2v) is 6.44. The Morgan fingerprint density at radius 3 is 3.00 bits per heavy atom. The molecule has 1 saturated heterocycles. The van der Waals surface area contributed by atoms with Crippen molar-refractivity contribution in [1.82, 2.24) is 24.9 Å². The monoisotopic (exact) mass is 399 g/mol. The van der Waals surface area contributed by atoms with Gasteiger partial charge in [0, 0.05) is 19.3 Å². The lowest BCUT2D eigenvalue weighted by Crippen LogP contribution is -2.42. The molecule has 29 heavy (non-hydrogen) atoms. The van der Waals surface area contributed by atoms with Crippen LogP contribution in [0.4, 0.5) is 17.3 Å². The Balaban J connectivity index is 1.68. The summed E-state index contributed by atoms with van der Waals surface area (Å²) in [6, 6.07) is 4.86. The Kier molecular flexibility index (Phi) is 5.14. The highest BCUT2D eigenvalue weighted by Gasteiger charge is 2.29. The molecule has 0 saturated carbocycles. The molecule has 4 heterocycles. The number of aliphatic hydroxyl groups is 1. The van der Waals surface area contributed by atoms with E-state index >= 15 is 0 Å². The molecule has 0 spiro atoms. The number of aliphatic hydroxyl groups excluding tert-OH is 1. The first-order chi connectivity index (χ1) is 14.1. The van der Waals surface area contributed by atoms with Crippen LogP contribution in [0, 0.1) is 0 Å². The number of rotatable bonds is 6. The number of hydrogen-bond acceptors (Lipinski definition) is 9. The number of ether oxygens (including phenoxy) is 2. The summed E-state index contributed by atoms with van der Waals surface area (Å²) in [5.74, 6) is 1.14. The number of nitrogens with zero attached hydrogens (tertiary/aromatic N) is 4. The van der Waals surface area contributed by atoms with Crippen LogP contribution in [0.5, 0.6) is 5.88 Å². The van der Waals surface area contributed by atoms with Crippen LogP contribution in [0.25, 0.3) is 5.65 Å². The number of carbonyl (C=O) groups is 1. The van der Waals surface area contributed by atoms with E-state index in [1.165, 1.54) is 17.8 Å². The van der Waals surface area contributed by atoms with Gasteiger partial charge >= 0.3 is 0 Å². The number of methoxy groups -OCH3 is 1. The number of pyridine rings is 1. The minimum Gasteiger partial charge on any atom is -0.480 e. The molecule has 3 aromatic heterocycles. The third-order valence-corrected chi connectivity index (χ3v) is 4.57. The summed E-state index contributed by atoms with van der Waals surface area (Å²) in [7, 11) is 3.28. The van der Waals surface area contributed by atoms with Crippen molar-refractivity contribution in [3.05, 3.63) is 36.2 Å². The smallest absolute Gasteiger partial charge is 0.257 e. The lowest BCUT2D eigenvalue weighted by Gasteiger charge is -2.14. The van der Waals surface area contributed by atoms with Gasteiger partial charge in [-0.1, -0.05) is 0 Å². The lowest BCUT2D eigenvalue weighted by atomic mass is 10.2. The lowest BCUT2D eigenvalue weighted by molar-refractivity contribution is 0.0888. The fraction of sp³-hybridized carbons (Fsp3) is 0.333. The molecule has 3 aromatic rings. The molecule has 4 rings (SSSR count). The van der Waals surface area contributed by atoms with Gasteiger partial charge in [-0.2, -0.15) is 9.61 Å². The molecule has 1 aliphatic heterocycles. The molecule has 1 fully saturated rings. The highest BCUT2D eigenvalue weighted by molar-refractivity contribution is 6.00. The summed E-state index contributed by atoms with van der Waals surface area (Å²) in [6.45, 7) is 0.456. The first-order valence-corrected chi connectivity index (χ1v) is 9.00. The average Bonchev–Trinajstić information content (AvgIpc) is 3.34. The quantitative estimate of drug-likeness (QED) is 0.465. The third-order valence-electron chi connectivity index (χ3n) is 4.57. The molecule has 0 radical (unpaired) electrons. The number of fused-ring (bicyclic) bond motifs is 1. The van der Waals surface area contributed by atoms with E-state index < -0.39 is 12.1 Å². The van der Waals surface area contributed by atoms with E-state index in [1.807, 2.05) is 6.07 Å². The predicted molar refractivity (Wildman–Crippen MR) is 105 cm³/mol. The fourth-order valence-corrected chi connectivity index (χ4v) is 3.08. The summed E-state index contributed by atoms with van der Waals surface area (Å²) in [5, 5.41) is 23.1. The number of hydrogen-bond donors (Lipinski definition) is 4. The van der Waals surface area contributed by atoms with Gasteiger partial charge in [0.2, 0.25) is 5.88 Å². The first-order valence-electron chi connectivity index (χ1n) is 9.00. The van der Waals surface area contributed by atoms with Crippen molar-refractivity contribution < 1.29 is 19.4 Å². The van der Waals surface area contributed by atoms with E-state index in [1.54, 1.807) is 25.4 Å². The SMILES string of the molecule is CNc1cc(Nc2cccnc2OC)nc2c(C(=O)N[C@@H]3COC[C@@H]3O)cnn12. The second-order valence-electron chi connectivity index (χ2n) is 6.44. The first kappa shape index (κ1) is 18.9. The molecule has 1 amide bonds. The van der Waals surface area contributed by atoms with Crippen LogP contribution in [0.1, 0.15) is 10.4 Å². The second kappa shape index (κ2) is 7.89. The van der Waals surface area contributed by atoms with E-state index in [0.717, 1.165) is 0 Å². The molecule has 0 aromatic carbocycles. The zero-order chi connectivity index (χ0) is 20.4. The predicted octanol–water partition coefficient (Wildman–Crippen LogP) is 0.408. The van der Waals surface area contributed by atoms with Crippen molar-refractivity contribution in [1.29, 1.82) is 0 Å². The van der Waals surface area contributed by atoms with Crippen molar-refractivity contribution in [3.8, 4) is 5.88 Å². The number of amides is 1. The Bertz CT molecular complexity index is 1040. The van der Waals surface area contributed by atoms with Crippen LogP contribution < -0.4 is 20.7 Å². The number of aromatic nitrogens is 4. The average molecular weight is 399 g/mol. The summed E-state index contributed by atoms with van der Waals surface area (Å²) in [5.41, 5.74) is 1.26. The third kappa shape index (κ3) is 3.65. The maximum Gasteiger partial charge on any atom is 0.257 e. The zero-order valence-corrected chi connectivity index (χ0v) is 15.9. The number of carbonyl (C=O) groups excluding carboxylic acids is 1. The molecule has 1 aliphatic rings. The van der Waals surface area contributed by atoms with Gasteiger partial charge in [-0.05, 0) is 12.1 Å². The van der Waals surface area contributed by atoms with Gasteiger partial charge in [-0.25, -0.2) is 9.97 Å². The van der Waals surface area contributed by atoms with E-state index in [-0.39, 0.29) is 24.7 Å². The minimum atomic E-state index is -0.739. The van der Waals surface area contributed by atoms with Crippen LogP contribution >= 0.6 is 0 Å². The van der Waals surface area contributed by atoms with E-state index in [0.29, 0.717) is 28.9 Å². The number of anilines is 3. The fourth-order valence-electron chi connectivity index (χ4n) is 3.08. The standard InChI is InChI=1S/C18H21N7O4/c1-19-15-6-14(22-11-4-3-5-20-18(11)28-2)24-16-10(7-21-25(15)16)17(27)23-12-8-29-9-13(12)26/h3-7,12-13,19,26H,8-9H2,1-2H3,(H,22,24)(H,23,27)/t12-,13+/m1/s1. The molecule has 0 unspecified atom stereocenters. The maximum atomic E-state index is 12.7. The van der Waals surface area contributed by atoms with E-state index in [4.69, 9.17) is 9.47 Å². The molecular weight excluding hydrogens is 378 g/mol. The van der Waals surface area contributed by atoms with Crippen LogP contribution in [0.3, 0.4) is 0 Å². The van der Waals surface area contributed by atoms with Crippen LogP contribution in [0.15, 0.2) is 30.6 Å². The van der Waals surface area contributed by atoms with Gasteiger partial charge < -0.3 is 30.5 Å². The number of nitrogens with one attached hydrogen (secondary N) is 3. The van der Waals surface area contributed by atoms with Crippen LogP contribution in [0.2, 0.25) is 0 Å². The molecule has 152 valence electrons. The van der Waals surface area contributed by atoms with Gasteiger partial charge in [0.05, 0.1) is 38.7 Å². The molecule has 4 N–H and O–H groups in total. The van der Waals surface area contributed by atoms with Crippen LogP contribution in [-0.4, -0.2) is 70.1 Å². The zero-order valence-electron chi connectivity index (χ0n) is 15.9. The molecule has 11 nitrogen and oxygen atoms in total. The van der Waals surface area contributed by atoms with Crippen LogP contribution in [-0.2, 0) is 4.74 Å². The van der Waals surface area contributed by atoms with Crippen molar-refractivity contribution in [2.75, 3.05) is 38.0 Å². The molecule has 11 heteroatoms. The Hall–Kier alpha value is -3.44. The van der Waals surface area contributed by atoms with Crippen molar-refractivity contribution in [2.24, 2.45) is 0 Å². The Labute approximate surface area is 166 Å². The van der Waals surface area contributed by atoms with Gasteiger partial charge in [-0.3, -0.25) is 4.79 Å². The van der Waals surface area contributed by atoms with Gasteiger partial charge in [0.25, 0.3) is 5.91 Å². The largest absolute Gasteiger partial charge is 0.480 e. The summed E-state index contributed by atoms with van der Waals surface area (Å²) in [6.07, 6.45) is 2.33. The van der Waals surface area contributed by atoms with E-state index in [2.05, 4.69) is 31.0 Å². The van der Waals surface area contributed by atoms with E-state index in [9.17, 15) is 9.90 Å². The Morgan fingerprint density at radius 1 is 1.41 bits per heavy atom. The van der Waals surface area contributed by atoms with Gasteiger partial charge in [0.1, 0.15) is 22.9 Å². The molecule has 2 atom stereocenters. The van der Waals surface area contributed by atoms with Crippen molar-refractivity contribution in [3.63, 3.8) is 0 Å². The topological polar surface area (TPSA) is 135 Å². The van der Waals surface area contributed by atoms with Gasteiger partial charge in [-0.15, -0.1) is 0 Å². The molecule has 0 aliphatic carbocycles. The Morgan fingerprint density at radius 2 is 2.28 bits per heavy atom. The summed E-state index contributed by atoms with van der Waals surface area (Å²) >= 11 is 0. The summed E-state index contributed by atoms with van der Waals surface area (Å²) in [4.78, 5) is 21.4. The van der Waals surface area contributed by atoms with Gasteiger partial charge in [0.15, 0.2) is 5.65 Å². The highest BCUT2D eigenvalue weighted by Crippen LogP contribution is 2.26.